The predicted molar refractivity (Wildman–Crippen MR) is 102 cm³/mol. The molecule has 2 aromatic heterocycles. The number of aryl methyl sites for hydroxylation is 1. The highest BCUT2D eigenvalue weighted by Crippen LogP contribution is 2.31. The number of hydrogen-bond acceptors (Lipinski definition) is 6. The standard InChI is InChI=1S/C20H15ClFN5O2/c1-11-2-4-12(5-3-11)17-9-27-16(10-28-17)18(24-26-27)19-23-20(29-25-19)14-8-13(21)6-7-15(14)22/h2-8,17H,9-10H2,1H3/t17-/m1/s1. The van der Waals surface area contributed by atoms with Crippen LogP contribution in [0.3, 0.4) is 0 Å². The second-order valence-electron chi connectivity index (χ2n) is 6.82. The Morgan fingerprint density at radius 3 is 2.83 bits per heavy atom. The first-order chi connectivity index (χ1) is 14.1. The van der Waals surface area contributed by atoms with Crippen LogP contribution in [0.2, 0.25) is 5.02 Å². The summed E-state index contributed by atoms with van der Waals surface area (Å²) in [7, 11) is 0. The Kier molecular flexibility index (Phi) is 4.37. The van der Waals surface area contributed by atoms with Crippen LogP contribution in [0.4, 0.5) is 4.39 Å². The molecule has 0 bridgehead atoms. The summed E-state index contributed by atoms with van der Waals surface area (Å²) in [4.78, 5) is 4.27. The Balaban J connectivity index is 1.43. The van der Waals surface area contributed by atoms with Gasteiger partial charge in [-0.25, -0.2) is 9.07 Å². The molecule has 0 radical (unpaired) electrons. The van der Waals surface area contributed by atoms with Crippen molar-refractivity contribution < 1.29 is 13.7 Å². The average molecular weight is 412 g/mol. The normalized spacial score (nSPS) is 16.0. The lowest BCUT2D eigenvalue weighted by Crippen LogP contribution is -2.22. The molecular formula is C20H15ClFN5O2. The smallest absolute Gasteiger partial charge is 0.261 e. The van der Waals surface area contributed by atoms with Gasteiger partial charge in [0.15, 0.2) is 5.69 Å². The van der Waals surface area contributed by atoms with Crippen LogP contribution in [0.15, 0.2) is 47.0 Å². The third-order valence-corrected chi connectivity index (χ3v) is 5.08. The van der Waals surface area contributed by atoms with E-state index in [0.717, 1.165) is 11.3 Å². The number of hydrogen-bond donors (Lipinski definition) is 0. The minimum absolute atomic E-state index is 0.0241. The molecule has 0 unspecified atom stereocenters. The third kappa shape index (κ3) is 3.30. The van der Waals surface area contributed by atoms with Crippen molar-refractivity contribution in [3.05, 3.63) is 70.1 Å². The molecule has 1 aliphatic heterocycles. The molecule has 0 aliphatic carbocycles. The molecule has 0 fully saturated rings. The molecule has 4 aromatic rings. The lowest BCUT2D eigenvalue weighted by atomic mass is 10.1. The zero-order chi connectivity index (χ0) is 20.0. The Labute approximate surface area is 170 Å². The van der Waals surface area contributed by atoms with Crippen LogP contribution in [-0.4, -0.2) is 25.1 Å². The van der Waals surface area contributed by atoms with E-state index in [1.165, 1.54) is 23.8 Å². The summed E-state index contributed by atoms with van der Waals surface area (Å²) in [6.07, 6.45) is -0.112. The van der Waals surface area contributed by atoms with Crippen molar-refractivity contribution in [1.29, 1.82) is 0 Å². The highest BCUT2D eigenvalue weighted by Gasteiger charge is 2.28. The Morgan fingerprint density at radius 2 is 2.00 bits per heavy atom. The van der Waals surface area contributed by atoms with Gasteiger partial charge in [0, 0.05) is 5.02 Å². The number of nitrogens with zero attached hydrogens (tertiary/aromatic N) is 5. The van der Waals surface area contributed by atoms with Gasteiger partial charge in [-0.05, 0) is 30.7 Å². The van der Waals surface area contributed by atoms with Crippen molar-refractivity contribution in [2.24, 2.45) is 0 Å². The number of fused-ring (bicyclic) bond motifs is 1. The number of benzene rings is 2. The number of halogens is 2. The molecule has 146 valence electrons. The number of ether oxygens (including phenoxy) is 1. The molecule has 9 heteroatoms. The highest BCUT2D eigenvalue weighted by molar-refractivity contribution is 6.30. The van der Waals surface area contributed by atoms with Crippen molar-refractivity contribution in [3.63, 3.8) is 0 Å². The van der Waals surface area contributed by atoms with Crippen molar-refractivity contribution in [2.45, 2.75) is 26.2 Å². The summed E-state index contributed by atoms with van der Waals surface area (Å²) in [5.74, 6) is -0.257. The van der Waals surface area contributed by atoms with Gasteiger partial charge in [0.2, 0.25) is 5.82 Å². The zero-order valence-electron chi connectivity index (χ0n) is 15.3. The molecule has 1 atom stereocenters. The molecule has 0 N–H and O–H groups in total. The quantitative estimate of drug-likeness (QED) is 0.498. The Hall–Kier alpha value is -3.10. The van der Waals surface area contributed by atoms with E-state index in [1.807, 2.05) is 19.1 Å². The highest BCUT2D eigenvalue weighted by atomic mass is 35.5. The van der Waals surface area contributed by atoms with E-state index in [0.29, 0.717) is 23.9 Å². The second kappa shape index (κ2) is 7.06. The molecule has 29 heavy (non-hydrogen) atoms. The summed E-state index contributed by atoms with van der Waals surface area (Å²) in [5.41, 5.74) is 3.60. The van der Waals surface area contributed by atoms with E-state index in [1.54, 1.807) is 4.68 Å². The summed E-state index contributed by atoms with van der Waals surface area (Å²) < 4.78 is 27.1. The summed E-state index contributed by atoms with van der Waals surface area (Å²) in [6.45, 7) is 2.87. The van der Waals surface area contributed by atoms with Crippen LogP contribution < -0.4 is 0 Å². The molecule has 2 aromatic carbocycles. The van der Waals surface area contributed by atoms with Crippen molar-refractivity contribution >= 4 is 11.6 Å². The van der Waals surface area contributed by atoms with Gasteiger partial charge in [0.05, 0.1) is 24.4 Å². The lowest BCUT2D eigenvalue weighted by molar-refractivity contribution is -0.00112. The largest absolute Gasteiger partial charge is 0.365 e. The first-order valence-electron chi connectivity index (χ1n) is 8.98. The molecule has 7 nitrogen and oxygen atoms in total. The maximum absolute atomic E-state index is 14.1. The number of rotatable bonds is 3. The molecule has 1 aliphatic rings. The van der Waals surface area contributed by atoms with E-state index in [4.69, 9.17) is 20.9 Å². The van der Waals surface area contributed by atoms with Crippen LogP contribution >= 0.6 is 11.6 Å². The minimum Gasteiger partial charge on any atom is -0.365 e. The van der Waals surface area contributed by atoms with E-state index in [-0.39, 0.29) is 23.4 Å². The first kappa shape index (κ1) is 18.0. The summed E-state index contributed by atoms with van der Waals surface area (Å²) in [6, 6.07) is 12.3. The van der Waals surface area contributed by atoms with Gasteiger partial charge in [-0.15, -0.1) is 5.10 Å². The Bertz CT molecular complexity index is 1190. The van der Waals surface area contributed by atoms with Gasteiger partial charge in [-0.1, -0.05) is 51.8 Å². The summed E-state index contributed by atoms with van der Waals surface area (Å²) >= 11 is 5.94. The topological polar surface area (TPSA) is 78.9 Å². The fourth-order valence-corrected chi connectivity index (χ4v) is 3.43. The molecular weight excluding hydrogens is 397 g/mol. The average Bonchev–Trinajstić information content (AvgIpc) is 3.36. The van der Waals surface area contributed by atoms with Crippen molar-refractivity contribution in [3.8, 4) is 23.0 Å². The maximum Gasteiger partial charge on any atom is 0.261 e. The molecule has 0 saturated carbocycles. The number of aromatic nitrogens is 5. The Morgan fingerprint density at radius 1 is 1.17 bits per heavy atom. The maximum atomic E-state index is 14.1. The molecule has 0 saturated heterocycles. The lowest BCUT2D eigenvalue weighted by Gasteiger charge is -2.24. The van der Waals surface area contributed by atoms with Crippen LogP contribution in [-0.2, 0) is 17.9 Å². The SMILES string of the molecule is Cc1ccc([C@H]2Cn3nnc(-c4noc(-c5cc(Cl)ccc5F)n4)c3CO2)cc1. The van der Waals surface area contributed by atoms with Gasteiger partial charge in [0.1, 0.15) is 11.9 Å². The van der Waals surface area contributed by atoms with E-state index < -0.39 is 5.82 Å². The fourth-order valence-electron chi connectivity index (χ4n) is 3.26. The molecule has 5 rings (SSSR count). The molecule has 0 spiro atoms. The minimum atomic E-state index is -0.501. The summed E-state index contributed by atoms with van der Waals surface area (Å²) in [5, 5.41) is 12.7. The van der Waals surface area contributed by atoms with Gasteiger partial charge in [-0.2, -0.15) is 4.98 Å². The van der Waals surface area contributed by atoms with Gasteiger partial charge in [-0.3, -0.25) is 0 Å². The van der Waals surface area contributed by atoms with Crippen LogP contribution in [0.5, 0.6) is 0 Å². The van der Waals surface area contributed by atoms with Gasteiger partial charge < -0.3 is 9.26 Å². The second-order valence-corrected chi connectivity index (χ2v) is 7.26. The van der Waals surface area contributed by atoms with Crippen molar-refractivity contribution in [2.75, 3.05) is 0 Å². The fraction of sp³-hybridized carbons (Fsp3) is 0.200. The van der Waals surface area contributed by atoms with Gasteiger partial charge >= 0.3 is 0 Å². The van der Waals surface area contributed by atoms with Gasteiger partial charge in [0.25, 0.3) is 5.89 Å². The molecule has 3 heterocycles. The van der Waals surface area contributed by atoms with E-state index in [2.05, 4.69) is 32.6 Å². The third-order valence-electron chi connectivity index (χ3n) is 4.84. The first-order valence-corrected chi connectivity index (χ1v) is 9.36. The predicted octanol–water partition coefficient (Wildman–Crippen LogP) is 4.37. The molecule has 0 amide bonds. The van der Waals surface area contributed by atoms with Crippen LogP contribution in [0.1, 0.15) is 22.9 Å². The van der Waals surface area contributed by atoms with Crippen LogP contribution in [0, 0.1) is 12.7 Å². The van der Waals surface area contributed by atoms with E-state index >= 15 is 0 Å². The zero-order valence-corrected chi connectivity index (χ0v) is 16.1. The van der Waals surface area contributed by atoms with E-state index in [9.17, 15) is 4.39 Å². The monoisotopic (exact) mass is 411 g/mol. The van der Waals surface area contributed by atoms with Crippen LogP contribution in [0.25, 0.3) is 23.0 Å². The van der Waals surface area contributed by atoms with Crippen molar-refractivity contribution in [1.82, 2.24) is 25.1 Å².